The topological polar surface area (TPSA) is 71.0 Å². The van der Waals surface area contributed by atoms with Crippen LogP contribution in [-0.4, -0.2) is 40.1 Å². The molecule has 0 amide bonds. The van der Waals surface area contributed by atoms with Crippen molar-refractivity contribution in [3.05, 3.63) is 72.9 Å². The molecule has 31 heavy (non-hydrogen) atoms. The quantitative estimate of drug-likeness (QED) is 0.506. The highest BCUT2D eigenvalue weighted by Crippen LogP contribution is 2.32. The Bertz CT molecular complexity index is 1310. The fourth-order valence-corrected chi connectivity index (χ4v) is 6.26. The molecule has 0 spiro atoms. The highest BCUT2D eigenvalue weighted by molar-refractivity contribution is 7.89. The summed E-state index contributed by atoms with van der Waals surface area (Å²) >= 11 is 0. The number of sulfonamides is 1. The predicted molar refractivity (Wildman–Crippen MR) is 117 cm³/mol. The summed E-state index contributed by atoms with van der Waals surface area (Å²) in [5.41, 5.74) is 3.27. The Kier molecular flexibility index (Phi) is 4.91. The van der Waals surface area contributed by atoms with E-state index in [0.29, 0.717) is 6.54 Å². The van der Waals surface area contributed by atoms with E-state index >= 15 is 0 Å². The van der Waals surface area contributed by atoms with Gasteiger partial charge in [-0.1, -0.05) is 6.07 Å². The number of H-pyrrole nitrogens is 1. The zero-order valence-electron chi connectivity index (χ0n) is 17.1. The van der Waals surface area contributed by atoms with Gasteiger partial charge in [-0.25, -0.2) is 12.8 Å². The van der Waals surface area contributed by atoms with E-state index in [-0.39, 0.29) is 16.9 Å². The van der Waals surface area contributed by atoms with E-state index in [9.17, 15) is 12.8 Å². The van der Waals surface area contributed by atoms with Gasteiger partial charge in [0.15, 0.2) is 0 Å². The molecule has 0 saturated carbocycles. The molecule has 4 aromatic rings. The second-order valence-electron chi connectivity index (χ2n) is 8.21. The zero-order valence-corrected chi connectivity index (χ0v) is 17.9. The third-order valence-corrected chi connectivity index (χ3v) is 8.08. The molecule has 2 aromatic carbocycles. The van der Waals surface area contributed by atoms with E-state index in [1.807, 2.05) is 13.1 Å². The highest BCUT2D eigenvalue weighted by Gasteiger charge is 2.38. The Morgan fingerprint density at radius 3 is 2.68 bits per heavy atom. The summed E-state index contributed by atoms with van der Waals surface area (Å²) in [6.45, 7) is 3.13. The van der Waals surface area contributed by atoms with Gasteiger partial charge < -0.3 is 4.57 Å². The van der Waals surface area contributed by atoms with Crippen molar-refractivity contribution in [3.63, 3.8) is 0 Å². The SMILES string of the molecule is C[C@@H]1CC(Cn2ccc3cc(-c4cn[nH]c4)ccc32)CN1S(=O)(=O)c1ccc(F)cc1. The number of halogens is 1. The molecule has 2 aromatic heterocycles. The molecule has 1 aliphatic heterocycles. The first-order valence-corrected chi connectivity index (χ1v) is 11.7. The normalized spacial score (nSPS) is 19.9. The first-order chi connectivity index (χ1) is 14.9. The molecule has 0 aliphatic carbocycles. The Balaban J connectivity index is 1.35. The van der Waals surface area contributed by atoms with Crippen LogP contribution in [0.25, 0.3) is 22.0 Å². The van der Waals surface area contributed by atoms with Gasteiger partial charge in [-0.2, -0.15) is 9.40 Å². The first-order valence-electron chi connectivity index (χ1n) is 10.3. The molecule has 5 rings (SSSR count). The number of nitrogens with zero attached hydrogens (tertiary/aromatic N) is 3. The van der Waals surface area contributed by atoms with E-state index in [1.165, 1.54) is 24.3 Å². The summed E-state index contributed by atoms with van der Waals surface area (Å²) in [4.78, 5) is 0.139. The largest absolute Gasteiger partial charge is 0.347 e. The van der Waals surface area contributed by atoms with Crippen molar-refractivity contribution in [2.45, 2.75) is 30.8 Å². The van der Waals surface area contributed by atoms with Crippen molar-refractivity contribution in [2.75, 3.05) is 6.54 Å². The Morgan fingerprint density at radius 2 is 1.94 bits per heavy atom. The van der Waals surface area contributed by atoms with E-state index in [0.717, 1.165) is 35.0 Å². The fraction of sp³-hybridized carbons (Fsp3) is 0.261. The van der Waals surface area contributed by atoms with Crippen molar-refractivity contribution >= 4 is 20.9 Å². The minimum atomic E-state index is -3.64. The molecule has 1 fully saturated rings. The summed E-state index contributed by atoms with van der Waals surface area (Å²) in [6.07, 6.45) is 6.52. The molecule has 8 heteroatoms. The van der Waals surface area contributed by atoms with Gasteiger partial charge >= 0.3 is 0 Å². The zero-order chi connectivity index (χ0) is 21.6. The molecule has 1 saturated heterocycles. The number of benzene rings is 2. The predicted octanol–water partition coefficient (Wildman–Crippen LogP) is 4.27. The van der Waals surface area contributed by atoms with Crippen molar-refractivity contribution < 1.29 is 12.8 Å². The van der Waals surface area contributed by atoms with E-state index in [4.69, 9.17) is 0 Å². The number of aromatic amines is 1. The molecular weight excluding hydrogens is 415 g/mol. The molecule has 1 N–H and O–H groups in total. The van der Waals surface area contributed by atoms with Gasteiger partial charge in [-0.05, 0) is 67.3 Å². The standard InChI is InChI=1S/C23H23FN4O2S/c1-16-10-17(15-28(16)31(29,30)22-5-3-21(24)4-6-22)14-27-9-8-19-11-18(2-7-23(19)27)20-12-25-26-13-20/h2-9,11-13,16-17H,10,14-15H2,1H3,(H,25,26)/t16-,17?/m1/s1. The molecule has 2 atom stereocenters. The van der Waals surface area contributed by atoms with Crippen molar-refractivity contribution in [2.24, 2.45) is 5.92 Å². The van der Waals surface area contributed by atoms with E-state index < -0.39 is 15.8 Å². The molecule has 0 radical (unpaired) electrons. The molecule has 3 heterocycles. The molecule has 6 nitrogen and oxygen atoms in total. The van der Waals surface area contributed by atoms with Crippen LogP contribution in [0, 0.1) is 11.7 Å². The lowest BCUT2D eigenvalue weighted by Crippen LogP contribution is -2.34. The molecule has 160 valence electrons. The highest BCUT2D eigenvalue weighted by atomic mass is 32.2. The number of fused-ring (bicyclic) bond motifs is 1. The average Bonchev–Trinajstić information content (AvgIpc) is 3.49. The Morgan fingerprint density at radius 1 is 1.13 bits per heavy atom. The summed E-state index contributed by atoms with van der Waals surface area (Å²) in [6, 6.07) is 13.3. The summed E-state index contributed by atoms with van der Waals surface area (Å²) < 4.78 is 43.1. The number of aromatic nitrogens is 3. The second-order valence-corrected chi connectivity index (χ2v) is 10.1. The van der Waals surface area contributed by atoms with Gasteiger partial charge in [-0.15, -0.1) is 0 Å². The van der Waals surface area contributed by atoms with Crippen LogP contribution in [0.3, 0.4) is 0 Å². The molecule has 1 aliphatic rings. The maximum atomic E-state index is 13.2. The van der Waals surface area contributed by atoms with Gasteiger partial charge in [0.2, 0.25) is 10.0 Å². The first kappa shape index (κ1) is 20.0. The van der Waals surface area contributed by atoms with Crippen LogP contribution in [0.15, 0.2) is 72.0 Å². The van der Waals surface area contributed by atoms with Crippen LogP contribution < -0.4 is 0 Å². The number of hydrogen-bond acceptors (Lipinski definition) is 3. The average molecular weight is 439 g/mol. The maximum Gasteiger partial charge on any atom is 0.243 e. The van der Waals surface area contributed by atoms with Gasteiger partial charge in [0.25, 0.3) is 0 Å². The van der Waals surface area contributed by atoms with Gasteiger partial charge in [0, 0.05) is 48.0 Å². The van der Waals surface area contributed by atoms with E-state index in [2.05, 4.69) is 45.2 Å². The second kappa shape index (κ2) is 7.62. The summed E-state index contributed by atoms with van der Waals surface area (Å²) in [7, 11) is -3.64. The maximum absolute atomic E-state index is 13.2. The third kappa shape index (κ3) is 3.66. The van der Waals surface area contributed by atoms with Crippen LogP contribution in [-0.2, 0) is 16.6 Å². The van der Waals surface area contributed by atoms with Gasteiger partial charge in [0.05, 0.1) is 11.1 Å². The minimum Gasteiger partial charge on any atom is -0.347 e. The van der Waals surface area contributed by atoms with Gasteiger partial charge in [0.1, 0.15) is 5.82 Å². The lowest BCUT2D eigenvalue weighted by molar-refractivity contribution is 0.399. The summed E-state index contributed by atoms with van der Waals surface area (Å²) in [5, 5.41) is 7.99. The fourth-order valence-electron chi connectivity index (χ4n) is 4.54. The van der Waals surface area contributed by atoms with Crippen molar-refractivity contribution in [1.29, 1.82) is 0 Å². The van der Waals surface area contributed by atoms with E-state index in [1.54, 1.807) is 10.5 Å². The number of hydrogen-bond donors (Lipinski definition) is 1. The number of rotatable bonds is 5. The Labute approximate surface area is 180 Å². The third-order valence-electron chi connectivity index (χ3n) is 6.08. The van der Waals surface area contributed by atoms with Crippen molar-refractivity contribution in [3.8, 4) is 11.1 Å². The molecule has 1 unspecified atom stereocenters. The lowest BCUT2D eigenvalue weighted by Gasteiger charge is -2.21. The van der Waals surface area contributed by atoms with Crippen LogP contribution in [0.1, 0.15) is 13.3 Å². The van der Waals surface area contributed by atoms with Crippen molar-refractivity contribution in [1.82, 2.24) is 19.1 Å². The van der Waals surface area contributed by atoms with Crippen LogP contribution in [0.4, 0.5) is 4.39 Å². The Hall–Kier alpha value is -2.97. The van der Waals surface area contributed by atoms with Gasteiger partial charge in [-0.3, -0.25) is 5.10 Å². The van der Waals surface area contributed by atoms with Crippen LogP contribution in [0.5, 0.6) is 0 Å². The lowest BCUT2D eigenvalue weighted by atomic mass is 10.1. The van der Waals surface area contributed by atoms with Crippen LogP contribution >= 0.6 is 0 Å². The molecular formula is C23H23FN4O2S. The monoisotopic (exact) mass is 438 g/mol. The minimum absolute atomic E-state index is 0.102. The summed E-state index contributed by atoms with van der Waals surface area (Å²) in [5.74, 6) is -0.240. The van der Waals surface area contributed by atoms with Crippen LogP contribution in [0.2, 0.25) is 0 Å². The number of nitrogens with one attached hydrogen (secondary N) is 1. The smallest absolute Gasteiger partial charge is 0.243 e. The molecule has 0 bridgehead atoms.